The lowest BCUT2D eigenvalue weighted by Gasteiger charge is -2.11. The van der Waals surface area contributed by atoms with E-state index in [1.54, 1.807) is 0 Å². The van der Waals surface area contributed by atoms with Crippen LogP contribution in [0.15, 0.2) is 60.7 Å². The Kier molecular flexibility index (Phi) is 4.61. The van der Waals surface area contributed by atoms with Crippen molar-refractivity contribution in [3.05, 3.63) is 66.5 Å². The first-order valence-corrected chi connectivity index (χ1v) is 7.89. The molecule has 0 aliphatic rings. The van der Waals surface area contributed by atoms with Crippen LogP contribution in [-0.2, 0) is 0 Å². The lowest BCUT2D eigenvalue weighted by Crippen LogP contribution is -2.27. The van der Waals surface area contributed by atoms with E-state index in [0.29, 0.717) is 12.2 Å². The third-order valence-corrected chi connectivity index (χ3v) is 3.87. The summed E-state index contributed by atoms with van der Waals surface area (Å²) < 4.78 is 0. The summed E-state index contributed by atoms with van der Waals surface area (Å²) in [6.07, 6.45) is -0.441. The summed E-state index contributed by atoms with van der Waals surface area (Å²) in [5.41, 5.74) is 3.72. The standard InChI is InChI=1S/C19H19N3O2/c1-2-15(20-19(23)24)18-21-16(13-9-5-3-6-10-13)17(22-18)14-11-7-4-8-12-14/h3-12,15,20H,2H2,1H3,(H,21,22)(H,23,24)/t15-/m0/s1. The first-order valence-electron chi connectivity index (χ1n) is 7.89. The Balaban J connectivity index is 2.11. The lowest BCUT2D eigenvalue weighted by atomic mass is 10.1. The summed E-state index contributed by atoms with van der Waals surface area (Å²) >= 11 is 0. The van der Waals surface area contributed by atoms with E-state index in [1.165, 1.54) is 0 Å². The quantitative estimate of drug-likeness (QED) is 0.649. The predicted octanol–water partition coefficient (Wildman–Crippen LogP) is 4.46. The second-order valence-electron chi connectivity index (χ2n) is 5.49. The van der Waals surface area contributed by atoms with Crippen molar-refractivity contribution in [1.29, 1.82) is 0 Å². The summed E-state index contributed by atoms with van der Waals surface area (Å²) in [7, 11) is 0. The average molecular weight is 321 g/mol. The smallest absolute Gasteiger partial charge is 0.405 e. The van der Waals surface area contributed by atoms with E-state index in [4.69, 9.17) is 10.1 Å². The van der Waals surface area contributed by atoms with E-state index in [0.717, 1.165) is 22.5 Å². The fraction of sp³-hybridized carbons (Fsp3) is 0.158. The van der Waals surface area contributed by atoms with E-state index < -0.39 is 6.09 Å². The predicted molar refractivity (Wildman–Crippen MR) is 93.7 cm³/mol. The monoisotopic (exact) mass is 321 g/mol. The summed E-state index contributed by atoms with van der Waals surface area (Å²) in [6.45, 7) is 1.92. The second kappa shape index (κ2) is 7.00. The number of benzene rings is 2. The van der Waals surface area contributed by atoms with Crippen LogP contribution in [0.5, 0.6) is 0 Å². The first-order chi connectivity index (χ1) is 11.7. The van der Waals surface area contributed by atoms with Gasteiger partial charge in [-0.05, 0) is 6.42 Å². The maximum Gasteiger partial charge on any atom is 0.405 e. The molecule has 5 nitrogen and oxygen atoms in total. The minimum Gasteiger partial charge on any atom is -0.465 e. The molecule has 0 unspecified atom stereocenters. The number of nitrogens with zero attached hydrogens (tertiary/aromatic N) is 1. The van der Waals surface area contributed by atoms with Gasteiger partial charge in [0, 0.05) is 11.1 Å². The molecule has 1 aromatic heterocycles. The molecule has 1 amide bonds. The third kappa shape index (κ3) is 3.30. The molecule has 0 aliphatic heterocycles. The van der Waals surface area contributed by atoms with E-state index in [2.05, 4.69) is 10.3 Å². The number of carbonyl (C=O) groups is 1. The Morgan fingerprint density at radius 2 is 1.67 bits per heavy atom. The van der Waals surface area contributed by atoms with Crippen LogP contribution in [0.4, 0.5) is 4.79 Å². The van der Waals surface area contributed by atoms with Crippen molar-refractivity contribution in [2.24, 2.45) is 0 Å². The van der Waals surface area contributed by atoms with Crippen LogP contribution in [-0.4, -0.2) is 21.2 Å². The molecule has 3 aromatic rings. The number of hydrogen-bond acceptors (Lipinski definition) is 2. The Labute approximate surface area is 140 Å². The fourth-order valence-electron chi connectivity index (χ4n) is 2.69. The van der Waals surface area contributed by atoms with Gasteiger partial charge >= 0.3 is 6.09 Å². The summed E-state index contributed by atoms with van der Waals surface area (Å²) in [5, 5.41) is 11.5. The van der Waals surface area contributed by atoms with Gasteiger partial charge in [0.25, 0.3) is 0 Å². The maximum atomic E-state index is 11.0. The zero-order chi connectivity index (χ0) is 16.9. The van der Waals surface area contributed by atoms with Crippen LogP contribution >= 0.6 is 0 Å². The molecule has 0 bridgehead atoms. The Morgan fingerprint density at radius 1 is 1.08 bits per heavy atom. The highest BCUT2D eigenvalue weighted by atomic mass is 16.4. The molecule has 0 saturated carbocycles. The molecule has 0 saturated heterocycles. The van der Waals surface area contributed by atoms with Gasteiger partial charge in [0.05, 0.1) is 17.4 Å². The number of aromatic nitrogens is 2. The van der Waals surface area contributed by atoms with Crippen molar-refractivity contribution in [2.75, 3.05) is 0 Å². The van der Waals surface area contributed by atoms with Crippen molar-refractivity contribution in [3.63, 3.8) is 0 Å². The van der Waals surface area contributed by atoms with Gasteiger partial charge in [-0.15, -0.1) is 0 Å². The molecule has 3 N–H and O–H groups in total. The van der Waals surface area contributed by atoms with Crippen LogP contribution in [0.3, 0.4) is 0 Å². The van der Waals surface area contributed by atoms with E-state index in [1.807, 2.05) is 67.6 Å². The number of hydrogen-bond donors (Lipinski definition) is 3. The fourth-order valence-corrected chi connectivity index (χ4v) is 2.69. The molecule has 122 valence electrons. The maximum absolute atomic E-state index is 11.0. The molecule has 1 heterocycles. The van der Waals surface area contributed by atoms with E-state index in [9.17, 15) is 4.79 Å². The second-order valence-corrected chi connectivity index (χ2v) is 5.49. The minimum absolute atomic E-state index is 0.373. The van der Waals surface area contributed by atoms with Gasteiger partial charge in [0.2, 0.25) is 0 Å². The highest BCUT2D eigenvalue weighted by molar-refractivity contribution is 5.78. The Morgan fingerprint density at radius 3 is 2.21 bits per heavy atom. The molecule has 0 radical (unpaired) electrons. The highest BCUT2D eigenvalue weighted by Crippen LogP contribution is 2.31. The third-order valence-electron chi connectivity index (χ3n) is 3.87. The van der Waals surface area contributed by atoms with Crippen LogP contribution in [0.1, 0.15) is 25.2 Å². The number of amides is 1. The van der Waals surface area contributed by atoms with Crippen molar-refractivity contribution < 1.29 is 9.90 Å². The summed E-state index contributed by atoms with van der Waals surface area (Å²) in [6, 6.07) is 19.4. The molecule has 3 rings (SSSR count). The van der Waals surface area contributed by atoms with Gasteiger partial charge in [-0.25, -0.2) is 9.78 Å². The van der Waals surface area contributed by atoms with Gasteiger partial charge < -0.3 is 15.4 Å². The number of nitrogens with one attached hydrogen (secondary N) is 2. The molecule has 0 aliphatic carbocycles. The van der Waals surface area contributed by atoms with E-state index >= 15 is 0 Å². The topological polar surface area (TPSA) is 78.0 Å². The van der Waals surface area contributed by atoms with Crippen LogP contribution in [0.25, 0.3) is 22.5 Å². The largest absolute Gasteiger partial charge is 0.465 e. The molecule has 2 aromatic carbocycles. The average Bonchev–Trinajstić information content (AvgIpc) is 3.06. The number of aromatic amines is 1. The molecule has 1 atom stereocenters. The van der Waals surface area contributed by atoms with Gasteiger partial charge in [-0.1, -0.05) is 67.6 Å². The van der Waals surface area contributed by atoms with Crippen molar-refractivity contribution in [1.82, 2.24) is 15.3 Å². The SMILES string of the molecule is CC[C@H](NC(=O)O)c1nc(-c2ccccc2)c(-c2ccccc2)[nH]1. The lowest BCUT2D eigenvalue weighted by molar-refractivity contribution is 0.189. The highest BCUT2D eigenvalue weighted by Gasteiger charge is 2.20. The summed E-state index contributed by atoms with van der Waals surface area (Å²) in [5.74, 6) is 0.623. The zero-order valence-electron chi connectivity index (χ0n) is 13.4. The molecule has 5 heteroatoms. The number of imidazole rings is 1. The van der Waals surface area contributed by atoms with Gasteiger partial charge in [-0.3, -0.25) is 0 Å². The number of rotatable bonds is 5. The van der Waals surface area contributed by atoms with Crippen LogP contribution in [0.2, 0.25) is 0 Å². The van der Waals surface area contributed by atoms with Crippen molar-refractivity contribution in [3.8, 4) is 22.5 Å². The summed E-state index contributed by atoms with van der Waals surface area (Å²) in [4.78, 5) is 19.0. The number of H-pyrrole nitrogens is 1. The Bertz CT molecular complexity index is 756. The van der Waals surface area contributed by atoms with Gasteiger partial charge in [0.15, 0.2) is 0 Å². The Hall–Kier alpha value is -3.08. The molecule has 0 spiro atoms. The minimum atomic E-state index is -1.05. The van der Waals surface area contributed by atoms with E-state index in [-0.39, 0.29) is 6.04 Å². The zero-order valence-corrected chi connectivity index (χ0v) is 13.4. The van der Waals surface area contributed by atoms with Crippen LogP contribution < -0.4 is 5.32 Å². The molecule has 24 heavy (non-hydrogen) atoms. The molecule has 0 fully saturated rings. The van der Waals surface area contributed by atoms with Gasteiger partial charge in [-0.2, -0.15) is 0 Å². The molecular formula is C19H19N3O2. The first kappa shape index (κ1) is 15.8. The number of carboxylic acid groups (broad SMARTS) is 1. The van der Waals surface area contributed by atoms with Crippen molar-refractivity contribution >= 4 is 6.09 Å². The molecular weight excluding hydrogens is 302 g/mol. The normalized spacial score (nSPS) is 11.9. The van der Waals surface area contributed by atoms with Gasteiger partial charge in [0.1, 0.15) is 5.82 Å². The van der Waals surface area contributed by atoms with Crippen LogP contribution in [0, 0.1) is 0 Å². The van der Waals surface area contributed by atoms with Crippen molar-refractivity contribution in [2.45, 2.75) is 19.4 Å².